The first-order valence-corrected chi connectivity index (χ1v) is 12.5. The zero-order valence-electron chi connectivity index (χ0n) is 19.6. The van der Waals surface area contributed by atoms with Crippen molar-refractivity contribution in [3.05, 3.63) is 57.5 Å². The number of aromatic nitrogens is 1. The summed E-state index contributed by atoms with van der Waals surface area (Å²) in [5.74, 6) is 1.63. The summed E-state index contributed by atoms with van der Waals surface area (Å²) >= 11 is 1.97. The Morgan fingerprint density at radius 2 is 2.00 bits per heavy atom. The SMILES string of the molecule is COc1cc2c(cc1/C(C=N)=C/NC1CCSCC1)CN(C(C)C)n1cc(C(=O)O)c(=O)cc1-2. The lowest BCUT2D eigenvalue weighted by Crippen LogP contribution is -2.44. The van der Waals surface area contributed by atoms with Gasteiger partial charge in [0, 0.05) is 53.5 Å². The van der Waals surface area contributed by atoms with E-state index in [0.29, 0.717) is 24.0 Å². The number of benzene rings is 1. The maximum absolute atomic E-state index is 12.5. The third kappa shape index (κ3) is 4.57. The zero-order chi connectivity index (χ0) is 24.4. The molecule has 1 aromatic carbocycles. The van der Waals surface area contributed by atoms with E-state index in [0.717, 1.165) is 46.6 Å². The van der Waals surface area contributed by atoms with E-state index in [-0.39, 0.29) is 11.6 Å². The predicted molar refractivity (Wildman–Crippen MR) is 137 cm³/mol. The molecule has 0 aliphatic carbocycles. The average Bonchev–Trinajstić information content (AvgIpc) is 2.83. The van der Waals surface area contributed by atoms with Crippen LogP contribution in [0, 0.1) is 5.41 Å². The molecule has 1 saturated heterocycles. The Balaban J connectivity index is 1.81. The number of aromatic carboxylic acids is 1. The van der Waals surface area contributed by atoms with Gasteiger partial charge in [0.1, 0.15) is 11.3 Å². The summed E-state index contributed by atoms with van der Waals surface area (Å²) in [6.45, 7) is 4.57. The number of carboxylic acid groups (broad SMARTS) is 1. The lowest BCUT2D eigenvalue weighted by molar-refractivity contribution is 0.0694. The van der Waals surface area contributed by atoms with Gasteiger partial charge >= 0.3 is 5.97 Å². The number of hydrogen-bond donors (Lipinski definition) is 3. The van der Waals surface area contributed by atoms with Crippen LogP contribution < -0.4 is 20.5 Å². The first-order chi connectivity index (χ1) is 16.3. The number of methoxy groups -OCH3 is 1. The molecule has 0 saturated carbocycles. The van der Waals surface area contributed by atoms with Crippen LogP contribution in [0.4, 0.5) is 0 Å². The molecule has 8 nitrogen and oxygen atoms in total. The lowest BCUT2D eigenvalue weighted by Gasteiger charge is -2.38. The van der Waals surface area contributed by atoms with Crippen LogP contribution in [-0.2, 0) is 6.54 Å². The monoisotopic (exact) mass is 482 g/mol. The number of ether oxygens (including phenoxy) is 1. The highest BCUT2D eigenvalue weighted by atomic mass is 32.2. The molecule has 34 heavy (non-hydrogen) atoms. The average molecular weight is 483 g/mol. The molecule has 0 unspecified atom stereocenters. The van der Waals surface area contributed by atoms with Gasteiger partial charge in [-0.1, -0.05) is 0 Å². The normalized spacial score (nSPS) is 16.1. The van der Waals surface area contributed by atoms with Crippen LogP contribution in [0.25, 0.3) is 16.8 Å². The van der Waals surface area contributed by atoms with Crippen molar-refractivity contribution >= 4 is 29.5 Å². The van der Waals surface area contributed by atoms with Gasteiger partial charge < -0.3 is 25.6 Å². The minimum Gasteiger partial charge on any atom is -0.496 e. The quantitative estimate of drug-likeness (QED) is 0.518. The highest BCUT2D eigenvalue weighted by molar-refractivity contribution is 7.99. The molecular formula is C25H30N4O4S. The first-order valence-electron chi connectivity index (χ1n) is 11.4. The van der Waals surface area contributed by atoms with Crippen LogP contribution in [0.3, 0.4) is 0 Å². The van der Waals surface area contributed by atoms with Gasteiger partial charge in [-0.2, -0.15) is 11.8 Å². The highest BCUT2D eigenvalue weighted by Crippen LogP contribution is 2.37. The Morgan fingerprint density at radius 3 is 2.62 bits per heavy atom. The Labute approximate surface area is 203 Å². The molecule has 1 fully saturated rings. The molecule has 4 rings (SSSR count). The fourth-order valence-electron chi connectivity index (χ4n) is 4.44. The number of allylic oxidation sites excluding steroid dienone is 1. The predicted octanol–water partition coefficient (Wildman–Crippen LogP) is 3.56. The zero-order valence-corrected chi connectivity index (χ0v) is 20.4. The van der Waals surface area contributed by atoms with E-state index in [1.807, 2.05) is 49.0 Å². The van der Waals surface area contributed by atoms with Crippen molar-refractivity contribution in [1.82, 2.24) is 9.99 Å². The molecule has 0 amide bonds. The van der Waals surface area contributed by atoms with Gasteiger partial charge in [0.25, 0.3) is 0 Å². The second-order valence-corrected chi connectivity index (χ2v) is 10.0. The van der Waals surface area contributed by atoms with Crippen molar-refractivity contribution in [2.24, 2.45) is 0 Å². The van der Waals surface area contributed by atoms with Crippen LogP contribution in [-0.4, -0.2) is 52.7 Å². The van der Waals surface area contributed by atoms with Gasteiger partial charge in [-0.3, -0.25) is 9.47 Å². The molecule has 2 aliphatic heterocycles. The van der Waals surface area contributed by atoms with E-state index in [9.17, 15) is 14.7 Å². The summed E-state index contributed by atoms with van der Waals surface area (Å²) in [6.07, 6.45) is 6.83. The van der Waals surface area contributed by atoms with Crippen LogP contribution >= 0.6 is 11.8 Å². The summed E-state index contributed by atoms with van der Waals surface area (Å²) in [7, 11) is 1.59. The Kier molecular flexibility index (Phi) is 7.02. The van der Waals surface area contributed by atoms with E-state index in [1.165, 1.54) is 18.5 Å². The number of nitrogens with zero attached hydrogens (tertiary/aromatic N) is 2. The molecular weight excluding hydrogens is 452 g/mol. The van der Waals surface area contributed by atoms with Crippen molar-refractivity contribution < 1.29 is 14.6 Å². The highest BCUT2D eigenvalue weighted by Gasteiger charge is 2.27. The van der Waals surface area contributed by atoms with Gasteiger partial charge in [-0.05, 0) is 55.9 Å². The van der Waals surface area contributed by atoms with Gasteiger partial charge in [0.15, 0.2) is 5.43 Å². The number of fused-ring (bicyclic) bond motifs is 3. The number of rotatable bonds is 7. The van der Waals surface area contributed by atoms with Crippen molar-refractivity contribution in [3.63, 3.8) is 0 Å². The topological polar surface area (TPSA) is 108 Å². The summed E-state index contributed by atoms with van der Waals surface area (Å²) in [5.41, 5.74) is 3.14. The maximum Gasteiger partial charge on any atom is 0.341 e. The van der Waals surface area contributed by atoms with Crippen molar-refractivity contribution in [2.45, 2.75) is 45.3 Å². The Bertz CT molecular complexity index is 1200. The molecule has 0 atom stereocenters. The van der Waals surface area contributed by atoms with Gasteiger partial charge in [-0.15, -0.1) is 0 Å². The second kappa shape index (κ2) is 9.97. The Morgan fingerprint density at radius 1 is 1.26 bits per heavy atom. The van der Waals surface area contributed by atoms with Gasteiger partial charge in [0.2, 0.25) is 0 Å². The smallest absolute Gasteiger partial charge is 0.341 e. The van der Waals surface area contributed by atoms with E-state index in [1.54, 1.807) is 11.8 Å². The standard InChI is InChI=1S/C25H30N4O4S/c1-15(2)28-13-16-8-20(17(11-26)12-27-18-4-6-34-7-5-18)24(33-3)9-19(16)22-10-23(30)21(25(31)32)14-29(22)28/h8-12,14-15,18,26-27H,4-7,13H2,1-3H3,(H,31,32)/b17-12+,26-11?. The lowest BCUT2D eigenvalue weighted by atomic mass is 9.94. The molecule has 3 N–H and O–H groups in total. The number of thioether (sulfide) groups is 1. The fraction of sp³-hybridized carbons (Fsp3) is 0.400. The molecule has 2 aromatic rings. The van der Waals surface area contributed by atoms with E-state index in [2.05, 4.69) is 5.32 Å². The van der Waals surface area contributed by atoms with Gasteiger partial charge in [-0.25, -0.2) is 4.79 Å². The largest absolute Gasteiger partial charge is 0.496 e. The molecule has 180 valence electrons. The summed E-state index contributed by atoms with van der Waals surface area (Å²) in [6, 6.07) is 5.73. The first kappa shape index (κ1) is 23.9. The molecule has 0 spiro atoms. The van der Waals surface area contributed by atoms with Crippen LogP contribution in [0.1, 0.15) is 48.2 Å². The molecule has 3 heterocycles. The third-order valence-corrected chi connectivity index (χ3v) is 7.38. The number of carboxylic acids is 1. The molecule has 0 bridgehead atoms. The summed E-state index contributed by atoms with van der Waals surface area (Å²) in [4.78, 5) is 24.1. The fourth-order valence-corrected chi connectivity index (χ4v) is 5.54. The van der Waals surface area contributed by atoms with E-state index in [4.69, 9.17) is 10.1 Å². The number of carbonyl (C=O) groups is 1. The van der Waals surface area contributed by atoms with Gasteiger partial charge in [0.05, 0.1) is 19.3 Å². The summed E-state index contributed by atoms with van der Waals surface area (Å²) < 4.78 is 7.45. The molecule has 0 radical (unpaired) electrons. The molecule has 1 aromatic heterocycles. The van der Waals surface area contributed by atoms with Crippen molar-refractivity contribution in [3.8, 4) is 17.0 Å². The van der Waals surface area contributed by atoms with Crippen LogP contribution in [0.15, 0.2) is 35.4 Å². The second-order valence-electron chi connectivity index (χ2n) is 8.78. The number of nitrogens with one attached hydrogen (secondary N) is 2. The number of pyridine rings is 1. The van der Waals surface area contributed by atoms with Crippen LogP contribution in [0.2, 0.25) is 0 Å². The minimum atomic E-state index is -1.24. The third-order valence-electron chi connectivity index (χ3n) is 6.33. The summed E-state index contributed by atoms with van der Waals surface area (Å²) in [5, 5.41) is 23.0. The maximum atomic E-state index is 12.5. The minimum absolute atomic E-state index is 0.0604. The Hall–Kier alpha value is -3.20. The molecule has 2 aliphatic rings. The molecule has 9 heteroatoms. The van der Waals surface area contributed by atoms with Crippen LogP contribution in [0.5, 0.6) is 5.75 Å². The van der Waals surface area contributed by atoms with E-state index < -0.39 is 11.4 Å². The van der Waals surface area contributed by atoms with E-state index >= 15 is 0 Å². The van der Waals surface area contributed by atoms with Crippen molar-refractivity contribution in [2.75, 3.05) is 23.6 Å². The van der Waals surface area contributed by atoms with Crippen molar-refractivity contribution in [1.29, 1.82) is 5.41 Å². The number of hydrogen-bond acceptors (Lipinski definition) is 7.